The predicted octanol–water partition coefficient (Wildman–Crippen LogP) is 4.21. The van der Waals surface area contributed by atoms with E-state index in [4.69, 9.17) is 15.1 Å². The number of carboxylic acids is 1. The van der Waals surface area contributed by atoms with Crippen molar-refractivity contribution in [3.8, 4) is 17.7 Å². The second-order valence-corrected chi connectivity index (χ2v) is 6.34. The van der Waals surface area contributed by atoms with E-state index in [-0.39, 0.29) is 28.6 Å². The summed E-state index contributed by atoms with van der Waals surface area (Å²) in [6.45, 7) is -2.28. The quantitative estimate of drug-likeness (QED) is 0.620. The van der Waals surface area contributed by atoms with Crippen molar-refractivity contribution in [3.63, 3.8) is 0 Å². The molecule has 0 atom stereocenters. The van der Waals surface area contributed by atoms with Gasteiger partial charge in [0.15, 0.2) is 6.61 Å². The monoisotopic (exact) mass is 416 g/mol. The van der Waals surface area contributed by atoms with E-state index in [9.17, 15) is 18.0 Å². The highest BCUT2D eigenvalue weighted by Gasteiger charge is 2.22. The Morgan fingerprint density at radius 2 is 1.93 bits per heavy atom. The summed E-state index contributed by atoms with van der Waals surface area (Å²) in [7, 11) is 0. The maximum absolute atomic E-state index is 14.4. The van der Waals surface area contributed by atoms with Crippen molar-refractivity contribution in [2.24, 2.45) is 0 Å². The number of carboxylic acid groups (broad SMARTS) is 1. The molecule has 1 N–H and O–H groups in total. The first-order valence-electron chi connectivity index (χ1n) is 8.70. The highest BCUT2D eigenvalue weighted by Crippen LogP contribution is 2.36. The molecule has 3 aromatic rings. The number of carbonyl (C=O) groups is 1. The summed E-state index contributed by atoms with van der Waals surface area (Å²) in [5, 5.41) is 17.9. The second kappa shape index (κ2) is 8.69. The van der Waals surface area contributed by atoms with E-state index in [1.807, 2.05) is 6.07 Å². The van der Waals surface area contributed by atoms with Gasteiger partial charge in [0.05, 0.1) is 11.6 Å². The van der Waals surface area contributed by atoms with Crippen LogP contribution in [0.15, 0.2) is 36.4 Å². The standard InChI is InChI=1S/C21H15F3N2O4/c1-11-14(8-12-2-4-13(9-25)5-3-12)20(30-21(23)24)26-19-15(22)6-7-16(18(11)19)29-10-17(27)28/h2-7,21H,8,10H2,1H3,(H,27,28). The van der Waals surface area contributed by atoms with E-state index in [1.165, 1.54) is 6.07 Å². The molecule has 0 saturated heterocycles. The largest absolute Gasteiger partial charge is 0.481 e. The zero-order valence-electron chi connectivity index (χ0n) is 15.7. The molecule has 0 fully saturated rings. The molecule has 0 amide bonds. The average molecular weight is 416 g/mol. The van der Waals surface area contributed by atoms with Gasteiger partial charge in [0.25, 0.3) is 0 Å². The van der Waals surface area contributed by atoms with Gasteiger partial charge < -0.3 is 14.6 Å². The highest BCUT2D eigenvalue weighted by atomic mass is 19.3. The lowest BCUT2D eigenvalue weighted by Gasteiger charge is -2.17. The molecule has 0 bridgehead atoms. The fourth-order valence-electron chi connectivity index (χ4n) is 3.05. The second-order valence-electron chi connectivity index (χ2n) is 6.34. The van der Waals surface area contributed by atoms with Gasteiger partial charge in [-0.25, -0.2) is 14.2 Å². The third-order valence-electron chi connectivity index (χ3n) is 4.41. The van der Waals surface area contributed by atoms with Crippen LogP contribution in [0.25, 0.3) is 10.9 Å². The number of aliphatic carboxylic acids is 1. The van der Waals surface area contributed by atoms with Gasteiger partial charge in [0, 0.05) is 17.4 Å². The van der Waals surface area contributed by atoms with Crippen molar-refractivity contribution in [2.75, 3.05) is 6.61 Å². The smallest absolute Gasteiger partial charge is 0.388 e. The highest BCUT2D eigenvalue weighted by molar-refractivity contribution is 5.90. The van der Waals surface area contributed by atoms with Crippen molar-refractivity contribution in [1.29, 1.82) is 5.26 Å². The van der Waals surface area contributed by atoms with Gasteiger partial charge >= 0.3 is 12.6 Å². The van der Waals surface area contributed by atoms with Gasteiger partial charge in [0.1, 0.15) is 17.1 Å². The number of hydrogen-bond acceptors (Lipinski definition) is 5. The minimum atomic E-state index is -3.18. The summed E-state index contributed by atoms with van der Waals surface area (Å²) < 4.78 is 50.1. The molecule has 1 aromatic heterocycles. The summed E-state index contributed by atoms with van der Waals surface area (Å²) in [6, 6.07) is 10.7. The number of nitrogens with zero attached hydrogens (tertiary/aromatic N) is 2. The SMILES string of the molecule is Cc1c(Cc2ccc(C#N)cc2)c(OC(F)F)nc2c(F)ccc(OCC(=O)O)c12. The van der Waals surface area contributed by atoms with E-state index in [0.29, 0.717) is 16.7 Å². The van der Waals surface area contributed by atoms with Crippen LogP contribution in [0.4, 0.5) is 13.2 Å². The number of hydrogen-bond donors (Lipinski definition) is 1. The van der Waals surface area contributed by atoms with Crippen LogP contribution < -0.4 is 9.47 Å². The molecule has 0 aliphatic rings. The number of rotatable bonds is 7. The lowest BCUT2D eigenvalue weighted by Crippen LogP contribution is -2.12. The van der Waals surface area contributed by atoms with Crippen LogP contribution in [0, 0.1) is 24.1 Å². The van der Waals surface area contributed by atoms with Crippen molar-refractivity contribution in [1.82, 2.24) is 4.98 Å². The fraction of sp³-hybridized carbons (Fsp3) is 0.190. The third-order valence-corrected chi connectivity index (χ3v) is 4.41. The number of fused-ring (bicyclic) bond motifs is 1. The number of alkyl halides is 2. The van der Waals surface area contributed by atoms with Crippen LogP contribution in [-0.4, -0.2) is 29.3 Å². The number of pyridine rings is 1. The number of halogens is 3. The van der Waals surface area contributed by atoms with E-state index in [2.05, 4.69) is 9.72 Å². The van der Waals surface area contributed by atoms with Gasteiger partial charge in [-0.1, -0.05) is 12.1 Å². The van der Waals surface area contributed by atoms with E-state index < -0.39 is 30.9 Å². The number of nitriles is 1. The Bertz CT molecular complexity index is 1140. The van der Waals surface area contributed by atoms with E-state index in [1.54, 1.807) is 31.2 Å². The Balaban J connectivity index is 2.18. The maximum atomic E-state index is 14.4. The van der Waals surface area contributed by atoms with E-state index >= 15 is 0 Å². The fourth-order valence-corrected chi connectivity index (χ4v) is 3.05. The molecule has 0 aliphatic heterocycles. The first-order valence-corrected chi connectivity index (χ1v) is 8.70. The minimum Gasteiger partial charge on any atom is -0.481 e. The predicted molar refractivity (Wildman–Crippen MR) is 100 cm³/mol. The molecule has 2 aromatic carbocycles. The van der Waals surface area contributed by atoms with Crippen LogP contribution in [-0.2, 0) is 11.2 Å². The number of aromatic nitrogens is 1. The van der Waals surface area contributed by atoms with Crippen molar-refractivity contribution in [3.05, 3.63) is 64.5 Å². The summed E-state index contributed by atoms with van der Waals surface area (Å²) in [5.41, 5.74) is 1.47. The number of aryl methyl sites for hydroxylation is 1. The van der Waals surface area contributed by atoms with Crippen LogP contribution in [0.3, 0.4) is 0 Å². The average Bonchev–Trinajstić information content (AvgIpc) is 2.70. The molecule has 0 radical (unpaired) electrons. The summed E-state index contributed by atoms with van der Waals surface area (Å²) in [6.07, 6.45) is 0.109. The molecule has 0 spiro atoms. The number of benzene rings is 2. The van der Waals surface area contributed by atoms with Gasteiger partial charge in [-0.05, 0) is 42.3 Å². The third kappa shape index (κ3) is 4.43. The Morgan fingerprint density at radius 3 is 2.53 bits per heavy atom. The zero-order valence-corrected chi connectivity index (χ0v) is 15.7. The van der Waals surface area contributed by atoms with Gasteiger partial charge in [-0.3, -0.25) is 0 Å². The van der Waals surface area contributed by atoms with Crippen LogP contribution in [0.5, 0.6) is 11.6 Å². The molecule has 30 heavy (non-hydrogen) atoms. The molecule has 154 valence electrons. The molecule has 9 heteroatoms. The summed E-state index contributed by atoms with van der Waals surface area (Å²) in [4.78, 5) is 14.8. The molecule has 6 nitrogen and oxygen atoms in total. The minimum absolute atomic E-state index is 0.0588. The first-order chi connectivity index (χ1) is 14.3. The lowest BCUT2D eigenvalue weighted by atomic mass is 9.97. The maximum Gasteiger partial charge on any atom is 0.388 e. The van der Waals surface area contributed by atoms with Crippen LogP contribution in [0.1, 0.15) is 22.3 Å². The molecular formula is C21H15F3N2O4. The lowest BCUT2D eigenvalue weighted by molar-refractivity contribution is -0.139. The Kier molecular flexibility index (Phi) is 6.06. The summed E-state index contributed by atoms with van der Waals surface area (Å²) >= 11 is 0. The van der Waals surface area contributed by atoms with Crippen molar-refractivity contribution in [2.45, 2.75) is 20.0 Å². The van der Waals surface area contributed by atoms with Gasteiger partial charge in [-0.15, -0.1) is 0 Å². The zero-order chi connectivity index (χ0) is 21.8. The van der Waals surface area contributed by atoms with Crippen LogP contribution >= 0.6 is 0 Å². The van der Waals surface area contributed by atoms with Gasteiger partial charge in [0.2, 0.25) is 5.88 Å². The molecule has 0 saturated carbocycles. The molecular weight excluding hydrogens is 401 g/mol. The van der Waals surface area contributed by atoms with Crippen LogP contribution in [0.2, 0.25) is 0 Å². The number of ether oxygens (including phenoxy) is 2. The van der Waals surface area contributed by atoms with Crippen molar-refractivity contribution < 1.29 is 32.5 Å². The molecule has 0 unspecified atom stereocenters. The molecule has 3 rings (SSSR count). The van der Waals surface area contributed by atoms with Gasteiger partial charge in [-0.2, -0.15) is 14.0 Å². The molecule has 1 heterocycles. The Hall–Kier alpha value is -3.80. The Labute approximate surface area is 169 Å². The van der Waals surface area contributed by atoms with Crippen molar-refractivity contribution >= 4 is 16.9 Å². The Morgan fingerprint density at radius 1 is 1.23 bits per heavy atom. The molecule has 0 aliphatic carbocycles. The van der Waals surface area contributed by atoms with E-state index in [0.717, 1.165) is 6.07 Å². The topological polar surface area (TPSA) is 92.4 Å². The summed E-state index contributed by atoms with van der Waals surface area (Å²) in [5.74, 6) is -2.40. The first kappa shape index (κ1) is 20.9. The normalized spacial score (nSPS) is 10.8.